The van der Waals surface area contributed by atoms with Gasteiger partial charge in [0.25, 0.3) is 0 Å². The number of benzene rings is 1. The van der Waals surface area contributed by atoms with Crippen molar-refractivity contribution in [3.8, 4) is 5.75 Å². The molecule has 1 N–H and O–H groups in total. The molecular formula is C11H9F5O3. The minimum atomic E-state index is -2.25. The van der Waals surface area contributed by atoms with Crippen molar-refractivity contribution in [2.24, 2.45) is 0 Å². The molecule has 0 spiro atoms. The molecule has 106 valence electrons. The van der Waals surface area contributed by atoms with Crippen molar-refractivity contribution in [3.63, 3.8) is 0 Å². The molecule has 1 aromatic carbocycles. The molecule has 8 heteroatoms. The van der Waals surface area contributed by atoms with Crippen molar-refractivity contribution in [2.45, 2.75) is 24.7 Å². The van der Waals surface area contributed by atoms with Gasteiger partial charge >= 0.3 is 0 Å². The lowest BCUT2D eigenvalue weighted by Gasteiger charge is -2.39. The first-order valence-corrected chi connectivity index (χ1v) is 5.27. The molecule has 1 aromatic rings. The fourth-order valence-electron chi connectivity index (χ4n) is 1.82. The van der Waals surface area contributed by atoms with Crippen LogP contribution in [0.1, 0.15) is 6.42 Å². The van der Waals surface area contributed by atoms with Gasteiger partial charge in [-0.2, -0.15) is 8.78 Å². The third-order valence-electron chi connectivity index (χ3n) is 2.93. The maximum atomic E-state index is 13.3. The molecule has 0 aliphatic heterocycles. The molecule has 0 radical (unpaired) electrons. The summed E-state index contributed by atoms with van der Waals surface area (Å²) >= 11 is 0. The number of rotatable bonds is 3. The van der Waals surface area contributed by atoms with E-state index >= 15 is 0 Å². The summed E-state index contributed by atoms with van der Waals surface area (Å²) in [6, 6.07) is 0. The molecule has 0 aromatic heterocycles. The van der Waals surface area contributed by atoms with Gasteiger partial charge in [-0.15, -0.1) is 0 Å². The van der Waals surface area contributed by atoms with Crippen LogP contribution in [-0.4, -0.2) is 30.5 Å². The first-order chi connectivity index (χ1) is 8.88. The molecule has 19 heavy (non-hydrogen) atoms. The highest BCUT2D eigenvalue weighted by Gasteiger charge is 2.43. The van der Waals surface area contributed by atoms with Crippen molar-refractivity contribution in [1.29, 1.82) is 0 Å². The van der Waals surface area contributed by atoms with Gasteiger partial charge in [0.1, 0.15) is 12.2 Å². The molecule has 3 unspecified atom stereocenters. The summed E-state index contributed by atoms with van der Waals surface area (Å²) in [5.74, 6) is -11.9. The van der Waals surface area contributed by atoms with Crippen LogP contribution < -0.4 is 4.74 Å². The Balaban J connectivity index is 2.31. The largest absolute Gasteiger partial charge is 0.481 e. The molecule has 0 heterocycles. The number of ether oxygens (including phenoxy) is 2. The standard InChI is InChI=1S/C11H9F5O3/c1-18-10-3(17)2-4(10)19-11-8(15)6(13)5(12)7(14)9(11)16/h3-4,10,17H,2H2,1H3. The second kappa shape index (κ2) is 4.93. The second-order valence-corrected chi connectivity index (χ2v) is 4.06. The van der Waals surface area contributed by atoms with Gasteiger partial charge < -0.3 is 14.6 Å². The molecule has 3 atom stereocenters. The first kappa shape index (κ1) is 14.0. The quantitative estimate of drug-likeness (QED) is 0.523. The topological polar surface area (TPSA) is 38.7 Å². The van der Waals surface area contributed by atoms with Crippen molar-refractivity contribution in [2.75, 3.05) is 7.11 Å². The number of aliphatic hydroxyl groups is 1. The maximum Gasteiger partial charge on any atom is 0.207 e. The Morgan fingerprint density at radius 1 is 0.947 bits per heavy atom. The maximum absolute atomic E-state index is 13.3. The lowest BCUT2D eigenvalue weighted by Crippen LogP contribution is -2.54. The van der Waals surface area contributed by atoms with Crippen molar-refractivity contribution in [1.82, 2.24) is 0 Å². The van der Waals surface area contributed by atoms with E-state index < -0.39 is 53.1 Å². The summed E-state index contributed by atoms with van der Waals surface area (Å²) < 4.78 is 74.7. The first-order valence-electron chi connectivity index (χ1n) is 5.27. The van der Waals surface area contributed by atoms with Crippen molar-refractivity contribution >= 4 is 0 Å². The SMILES string of the molecule is COC1C(O)CC1Oc1c(F)c(F)c(F)c(F)c1F. The molecule has 3 nitrogen and oxygen atoms in total. The van der Waals surface area contributed by atoms with Crippen LogP contribution in [0.15, 0.2) is 0 Å². The molecule has 1 fully saturated rings. The van der Waals surface area contributed by atoms with Crippen LogP contribution in [0.4, 0.5) is 22.0 Å². The highest BCUT2D eigenvalue weighted by atomic mass is 19.2. The van der Waals surface area contributed by atoms with E-state index in [1.54, 1.807) is 0 Å². The van der Waals surface area contributed by atoms with Crippen molar-refractivity contribution in [3.05, 3.63) is 29.1 Å². The van der Waals surface area contributed by atoms with Crippen molar-refractivity contribution < 1.29 is 36.5 Å². The zero-order chi connectivity index (χ0) is 14.3. The molecular weight excluding hydrogens is 275 g/mol. The molecule has 0 bridgehead atoms. The molecule has 0 amide bonds. The Kier molecular flexibility index (Phi) is 3.64. The summed E-state index contributed by atoms with van der Waals surface area (Å²) in [6.07, 6.45) is -2.79. The average molecular weight is 284 g/mol. The Morgan fingerprint density at radius 2 is 1.42 bits per heavy atom. The van der Waals surface area contributed by atoms with Crippen LogP contribution in [-0.2, 0) is 4.74 Å². The van der Waals surface area contributed by atoms with Gasteiger partial charge in [0.2, 0.25) is 29.1 Å². The number of hydrogen-bond donors (Lipinski definition) is 1. The molecule has 1 aliphatic rings. The van der Waals surface area contributed by atoms with Gasteiger partial charge in [0, 0.05) is 13.5 Å². The number of halogens is 5. The van der Waals surface area contributed by atoms with Crippen LogP contribution in [0.25, 0.3) is 0 Å². The van der Waals surface area contributed by atoms with Crippen LogP contribution >= 0.6 is 0 Å². The fraction of sp³-hybridized carbons (Fsp3) is 0.455. The summed E-state index contributed by atoms with van der Waals surface area (Å²) in [5.41, 5.74) is 0. The summed E-state index contributed by atoms with van der Waals surface area (Å²) in [4.78, 5) is 0. The lowest BCUT2D eigenvalue weighted by atomic mass is 9.88. The Hall–Kier alpha value is -1.41. The van der Waals surface area contributed by atoms with E-state index in [0.717, 1.165) is 0 Å². The molecule has 1 aliphatic carbocycles. The van der Waals surface area contributed by atoms with E-state index in [1.807, 2.05) is 0 Å². The lowest BCUT2D eigenvalue weighted by molar-refractivity contribution is -0.150. The van der Waals surface area contributed by atoms with Crippen LogP contribution in [0.5, 0.6) is 5.75 Å². The molecule has 0 saturated heterocycles. The fourth-order valence-corrected chi connectivity index (χ4v) is 1.82. The van der Waals surface area contributed by atoms with E-state index in [-0.39, 0.29) is 6.42 Å². The second-order valence-electron chi connectivity index (χ2n) is 4.06. The normalized spacial score (nSPS) is 26.2. The zero-order valence-electron chi connectivity index (χ0n) is 9.59. The highest BCUT2D eigenvalue weighted by molar-refractivity contribution is 5.30. The Labute approximate surface area is 104 Å². The Bertz CT molecular complexity index is 479. The van der Waals surface area contributed by atoms with Gasteiger partial charge in [-0.25, -0.2) is 13.2 Å². The predicted molar refractivity (Wildman–Crippen MR) is 52.1 cm³/mol. The highest BCUT2D eigenvalue weighted by Crippen LogP contribution is 2.34. The van der Waals surface area contributed by atoms with E-state index in [4.69, 9.17) is 9.47 Å². The minimum absolute atomic E-state index is 0.0298. The van der Waals surface area contributed by atoms with Gasteiger partial charge in [-0.3, -0.25) is 0 Å². The number of methoxy groups -OCH3 is 1. The van der Waals surface area contributed by atoms with Gasteiger partial charge in [-0.1, -0.05) is 0 Å². The van der Waals surface area contributed by atoms with E-state index in [2.05, 4.69) is 0 Å². The number of aliphatic hydroxyl groups excluding tert-OH is 1. The minimum Gasteiger partial charge on any atom is -0.481 e. The third-order valence-corrected chi connectivity index (χ3v) is 2.93. The van der Waals surface area contributed by atoms with Gasteiger partial charge in [0.15, 0.2) is 5.75 Å². The third kappa shape index (κ3) is 2.14. The smallest absolute Gasteiger partial charge is 0.207 e. The van der Waals surface area contributed by atoms with E-state index in [0.29, 0.717) is 0 Å². The van der Waals surface area contributed by atoms with E-state index in [9.17, 15) is 27.1 Å². The monoisotopic (exact) mass is 284 g/mol. The van der Waals surface area contributed by atoms with Gasteiger partial charge in [-0.05, 0) is 0 Å². The van der Waals surface area contributed by atoms with Crippen LogP contribution in [0.3, 0.4) is 0 Å². The predicted octanol–water partition coefficient (Wildman–Crippen LogP) is 1.91. The van der Waals surface area contributed by atoms with Crippen LogP contribution in [0.2, 0.25) is 0 Å². The zero-order valence-corrected chi connectivity index (χ0v) is 9.59. The Morgan fingerprint density at radius 3 is 1.84 bits per heavy atom. The average Bonchev–Trinajstić information content (AvgIpc) is 2.38. The summed E-state index contributed by atoms with van der Waals surface area (Å²) in [6.45, 7) is 0. The van der Waals surface area contributed by atoms with E-state index in [1.165, 1.54) is 7.11 Å². The molecule has 2 rings (SSSR count). The van der Waals surface area contributed by atoms with Gasteiger partial charge in [0.05, 0.1) is 6.10 Å². The number of hydrogen-bond acceptors (Lipinski definition) is 3. The summed E-state index contributed by atoms with van der Waals surface area (Å²) in [5, 5.41) is 9.25. The summed E-state index contributed by atoms with van der Waals surface area (Å²) in [7, 11) is 1.22. The molecule has 1 saturated carbocycles. The van der Waals surface area contributed by atoms with Crippen LogP contribution in [0, 0.1) is 29.1 Å².